The summed E-state index contributed by atoms with van der Waals surface area (Å²) < 4.78 is 0. The minimum absolute atomic E-state index is 0.0188. The van der Waals surface area contributed by atoms with Gasteiger partial charge in [-0.25, -0.2) is 4.79 Å². The van der Waals surface area contributed by atoms with Gasteiger partial charge in [-0.15, -0.1) is 5.06 Å². The average Bonchev–Trinajstić information content (AvgIpc) is 2.65. The Morgan fingerprint density at radius 1 is 1.11 bits per heavy atom. The second-order valence-corrected chi connectivity index (χ2v) is 3.91. The second-order valence-electron chi connectivity index (χ2n) is 3.91. The largest absolute Gasteiger partial charge is 0.396 e. The molecule has 1 aliphatic rings. The smallest absolute Gasteiger partial charge is 0.333 e. The number of amides is 2. The number of hydrogen-bond acceptors (Lipinski definition) is 6. The molecule has 0 unspecified atom stereocenters. The molecule has 1 saturated heterocycles. The van der Waals surface area contributed by atoms with Crippen molar-refractivity contribution < 1.29 is 29.1 Å². The van der Waals surface area contributed by atoms with E-state index in [1.54, 1.807) is 0 Å². The molecule has 1 aliphatic heterocycles. The van der Waals surface area contributed by atoms with Gasteiger partial charge in [-0.05, 0) is 6.42 Å². The molecule has 0 atom stereocenters. The summed E-state index contributed by atoms with van der Waals surface area (Å²) in [4.78, 5) is 49.4. The van der Waals surface area contributed by atoms with Crippen molar-refractivity contribution in [2.45, 2.75) is 38.5 Å². The lowest BCUT2D eigenvalue weighted by molar-refractivity contribution is -0.197. The van der Waals surface area contributed by atoms with Gasteiger partial charge in [0.25, 0.3) is 11.8 Å². The molecule has 1 heterocycles. The van der Waals surface area contributed by atoms with Gasteiger partial charge >= 0.3 is 5.97 Å². The van der Waals surface area contributed by atoms with Crippen LogP contribution >= 0.6 is 0 Å². The third kappa shape index (κ3) is 4.25. The zero-order chi connectivity index (χ0) is 13.5. The van der Waals surface area contributed by atoms with Gasteiger partial charge in [0.05, 0.1) is 6.42 Å². The first kappa shape index (κ1) is 14.3. The van der Waals surface area contributed by atoms with E-state index in [4.69, 9.17) is 5.11 Å². The summed E-state index contributed by atoms with van der Waals surface area (Å²) in [6.45, 7) is -0.0764. The molecule has 0 radical (unpaired) electrons. The van der Waals surface area contributed by atoms with Gasteiger partial charge in [0.1, 0.15) is 5.78 Å². The summed E-state index contributed by atoms with van der Waals surface area (Å²) in [5, 5.41) is 8.97. The fraction of sp³-hybridized carbons (Fsp3) is 0.636. The van der Waals surface area contributed by atoms with E-state index in [9.17, 15) is 19.2 Å². The van der Waals surface area contributed by atoms with Gasteiger partial charge in [-0.2, -0.15) is 0 Å². The van der Waals surface area contributed by atoms with Gasteiger partial charge in [-0.1, -0.05) is 0 Å². The van der Waals surface area contributed by atoms with Crippen molar-refractivity contribution in [2.24, 2.45) is 0 Å². The molecular weight excluding hydrogens is 242 g/mol. The summed E-state index contributed by atoms with van der Waals surface area (Å²) in [7, 11) is 0. The monoisotopic (exact) mass is 257 g/mol. The highest BCUT2D eigenvalue weighted by Gasteiger charge is 2.32. The van der Waals surface area contributed by atoms with Crippen LogP contribution < -0.4 is 0 Å². The Morgan fingerprint density at radius 2 is 1.72 bits per heavy atom. The summed E-state index contributed by atoms with van der Waals surface area (Å²) in [5.74, 6) is -2.03. The van der Waals surface area contributed by atoms with E-state index >= 15 is 0 Å². The van der Waals surface area contributed by atoms with Crippen LogP contribution in [0.2, 0.25) is 0 Å². The van der Waals surface area contributed by atoms with E-state index < -0.39 is 17.8 Å². The van der Waals surface area contributed by atoms with Gasteiger partial charge < -0.3 is 9.94 Å². The lowest BCUT2D eigenvalue weighted by Gasteiger charge is -2.12. The fourth-order valence-electron chi connectivity index (χ4n) is 1.45. The van der Waals surface area contributed by atoms with Gasteiger partial charge in [0, 0.05) is 32.3 Å². The van der Waals surface area contributed by atoms with Crippen LogP contribution in [0.1, 0.15) is 38.5 Å². The molecule has 1 N–H and O–H groups in total. The lowest BCUT2D eigenvalue weighted by Crippen LogP contribution is -2.32. The molecular formula is C11H15NO6. The summed E-state index contributed by atoms with van der Waals surface area (Å²) in [6, 6.07) is 0. The van der Waals surface area contributed by atoms with Crippen LogP contribution in [0.5, 0.6) is 0 Å². The van der Waals surface area contributed by atoms with E-state index in [1.807, 2.05) is 0 Å². The minimum Gasteiger partial charge on any atom is -0.396 e. The highest BCUT2D eigenvalue weighted by molar-refractivity contribution is 6.01. The number of rotatable bonds is 7. The van der Waals surface area contributed by atoms with Crippen molar-refractivity contribution >= 4 is 23.6 Å². The minimum atomic E-state index is -0.782. The Hall–Kier alpha value is -1.76. The van der Waals surface area contributed by atoms with Crippen molar-refractivity contribution in [3.8, 4) is 0 Å². The molecule has 0 spiro atoms. The first-order chi connectivity index (χ1) is 8.54. The van der Waals surface area contributed by atoms with Crippen LogP contribution in [-0.2, 0) is 24.0 Å². The maximum absolute atomic E-state index is 11.3. The van der Waals surface area contributed by atoms with E-state index in [1.165, 1.54) is 0 Å². The summed E-state index contributed by atoms with van der Waals surface area (Å²) in [5.41, 5.74) is 0. The Kier molecular flexibility index (Phi) is 5.44. The first-order valence-electron chi connectivity index (χ1n) is 5.73. The van der Waals surface area contributed by atoms with Crippen LogP contribution in [0.3, 0.4) is 0 Å². The molecule has 0 aromatic heterocycles. The van der Waals surface area contributed by atoms with E-state index in [0.29, 0.717) is 11.5 Å². The number of Topliss-reactive ketones (excluding diaryl/α,β-unsaturated/α-hetero) is 1. The van der Waals surface area contributed by atoms with E-state index in [-0.39, 0.29) is 44.5 Å². The van der Waals surface area contributed by atoms with Crippen LogP contribution in [0.25, 0.3) is 0 Å². The summed E-state index contributed by atoms with van der Waals surface area (Å²) >= 11 is 0. The number of hydrogen-bond donors (Lipinski definition) is 1. The number of nitrogens with zero attached hydrogens (tertiary/aromatic N) is 1. The Bertz CT molecular complexity index is 349. The third-order valence-corrected chi connectivity index (χ3v) is 2.42. The number of imide groups is 1. The molecule has 7 nitrogen and oxygen atoms in total. The van der Waals surface area contributed by atoms with Crippen LogP contribution in [-0.4, -0.2) is 40.3 Å². The molecule has 0 saturated carbocycles. The first-order valence-corrected chi connectivity index (χ1v) is 5.73. The summed E-state index contributed by atoms with van der Waals surface area (Å²) in [6.07, 6.45) is 0.446. The quantitative estimate of drug-likeness (QED) is 0.629. The van der Waals surface area contributed by atoms with Crippen LogP contribution in [0.15, 0.2) is 0 Å². The molecule has 0 bridgehead atoms. The number of aliphatic hydroxyl groups excluding tert-OH is 1. The normalized spacial score (nSPS) is 15.1. The molecule has 0 aromatic rings. The second kappa shape index (κ2) is 6.85. The van der Waals surface area contributed by atoms with Crippen molar-refractivity contribution in [1.82, 2.24) is 5.06 Å². The Balaban J connectivity index is 2.27. The predicted molar refractivity (Wildman–Crippen MR) is 57.7 cm³/mol. The maximum atomic E-state index is 11.3. The molecule has 100 valence electrons. The Morgan fingerprint density at radius 3 is 2.28 bits per heavy atom. The van der Waals surface area contributed by atoms with Crippen molar-refractivity contribution in [3.63, 3.8) is 0 Å². The number of carbonyl (C=O) groups is 4. The van der Waals surface area contributed by atoms with Crippen molar-refractivity contribution in [3.05, 3.63) is 0 Å². The standard InChI is InChI=1S/C11H15NO6/c13-7-1-2-8(14)3-6-11(17)18-12-9(15)4-5-10(12)16/h13H,1-7H2. The third-order valence-electron chi connectivity index (χ3n) is 2.42. The number of ketones is 1. The molecule has 1 rings (SSSR count). The predicted octanol–water partition coefficient (Wildman–Crippen LogP) is -0.285. The highest BCUT2D eigenvalue weighted by atomic mass is 16.7. The van der Waals surface area contributed by atoms with Crippen molar-refractivity contribution in [2.75, 3.05) is 6.61 Å². The fourth-order valence-corrected chi connectivity index (χ4v) is 1.45. The lowest BCUT2D eigenvalue weighted by atomic mass is 10.1. The number of carbonyl (C=O) groups excluding carboxylic acids is 4. The van der Waals surface area contributed by atoms with Gasteiger partial charge in [-0.3, -0.25) is 14.4 Å². The van der Waals surface area contributed by atoms with Crippen LogP contribution in [0.4, 0.5) is 0 Å². The van der Waals surface area contributed by atoms with Gasteiger partial charge in [0.15, 0.2) is 0 Å². The topological polar surface area (TPSA) is 101 Å². The highest BCUT2D eigenvalue weighted by Crippen LogP contribution is 2.13. The molecule has 1 fully saturated rings. The zero-order valence-corrected chi connectivity index (χ0v) is 9.89. The number of hydroxylamine groups is 2. The molecule has 0 aliphatic carbocycles. The molecule has 2 amide bonds. The number of aliphatic hydroxyl groups is 1. The maximum Gasteiger partial charge on any atom is 0.333 e. The Labute approximate surface area is 104 Å². The van der Waals surface area contributed by atoms with E-state index in [2.05, 4.69) is 4.84 Å². The average molecular weight is 257 g/mol. The molecule has 0 aromatic carbocycles. The SMILES string of the molecule is O=C(CCCO)CCC(=O)ON1C(=O)CCC1=O. The zero-order valence-electron chi connectivity index (χ0n) is 9.89. The molecule has 7 heteroatoms. The van der Waals surface area contributed by atoms with Crippen LogP contribution in [0, 0.1) is 0 Å². The molecule has 18 heavy (non-hydrogen) atoms. The van der Waals surface area contributed by atoms with Crippen molar-refractivity contribution in [1.29, 1.82) is 0 Å². The van der Waals surface area contributed by atoms with E-state index in [0.717, 1.165) is 0 Å². The van der Waals surface area contributed by atoms with Gasteiger partial charge in [0.2, 0.25) is 0 Å².